The molecule has 8 heteroatoms. The third kappa shape index (κ3) is 5.17. The monoisotopic (exact) mass is 349 g/mol. The largest absolute Gasteiger partial charge is 0.497 e. The Labute approximate surface area is 144 Å². The van der Waals surface area contributed by atoms with Crippen LogP contribution in [0.3, 0.4) is 0 Å². The summed E-state index contributed by atoms with van der Waals surface area (Å²) in [6.45, 7) is 3.91. The minimum absolute atomic E-state index is 0.00763. The first-order valence-corrected chi connectivity index (χ1v) is 7.36. The molecule has 126 valence electrons. The van der Waals surface area contributed by atoms with Crippen molar-refractivity contribution in [2.45, 2.75) is 6.61 Å². The Morgan fingerprint density at radius 3 is 3.04 bits per heavy atom. The van der Waals surface area contributed by atoms with Gasteiger partial charge in [-0.2, -0.15) is 4.98 Å². The van der Waals surface area contributed by atoms with Crippen molar-refractivity contribution in [3.05, 3.63) is 54.5 Å². The first kappa shape index (κ1) is 17.6. The van der Waals surface area contributed by atoms with Crippen molar-refractivity contribution < 1.29 is 18.6 Å². The Morgan fingerprint density at radius 2 is 2.29 bits per heavy atom. The van der Waals surface area contributed by atoms with E-state index < -0.39 is 5.82 Å². The summed E-state index contributed by atoms with van der Waals surface area (Å²) >= 11 is 4.91. The van der Waals surface area contributed by atoms with Gasteiger partial charge in [-0.15, -0.1) is 0 Å². The van der Waals surface area contributed by atoms with Gasteiger partial charge in [-0.1, -0.05) is 24.8 Å². The molecule has 1 heterocycles. The van der Waals surface area contributed by atoms with E-state index in [-0.39, 0.29) is 30.2 Å². The summed E-state index contributed by atoms with van der Waals surface area (Å²) in [5.74, 6) is -0.0869. The van der Waals surface area contributed by atoms with Crippen LogP contribution in [-0.4, -0.2) is 28.9 Å². The number of thiocarbonyl (C=S) groups is 1. The number of hydrogen-bond acceptors (Lipinski definition) is 6. The van der Waals surface area contributed by atoms with Crippen molar-refractivity contribution in [2.24, 2.45) is 0 Å². The van der Waals surface area contributed by atoms with E-state index >= 15 is 0 Å². The van der Waals surface area contributed by atoms with Crippen LogP contribution in [0, 0.1) is 5.82 Å². The SMILES string of the molecule is C=CCOC(=S)Nc1nc(OCc2cccc(OC)c2)ncc1F. The highest BCUT2D eigenvalue weighted by atomic mass is 32.1. The molecular weight excluding hydrogens is 333 g/mol. The predicted molar refractivity (Wildman–Crippen MR) is 91.7 cm³/mol. The summed E-state index contributed by atoms with van der Waals surface area (Å²) in [6, 6.07) is 7.35. The molecule has 0 unspecified atom stereocenters. The molecule has 0 aliphatic heterocycles. The molecule has 0 aliphatic rings. The fourth-order valence-corrected chi connectivity index (χ4v) is 1.85. The van der Waals surface area contributed by atoms with Gasteiger partial charge >= 0.3 is 6.01 Å². The number of hydrogen-bond donors (Lipinski definition) is 1. The van der Waals surface area contributed by atoms with Crippen LogP contribution in [0.2, 0.25) is 0 Å². The first-order valence-electron chi connectivity index (χ1n) is 6.95. The molecule has 1 N–H and O–H groups in total. The summed E-state index contributed by atoms with van der Waals surface area (Å²) in [6.07, 6.45) is 2.51. The van der Waals surface area contributed by atoms with E-state index in [1.165, 1.54) is 6.08 Å². The van der Waals surface area contributed by atoms with E-state index in [0.29, 0.717) is 5.75 Å². The van der Waals surface area contributed by atoms with Crippen molar-refractivity contribution in [2.75, 3.05) is 19.0 Å². The van der Waals surface area contributed by atoms with Crippen LogP contribution < -0.4 is 14.8 Å². The first-order chi connectivity index (χ1) is 11.6. The maximum Gasteiger partial charge on any atom is 0.318 e. The number of nitrogens with zero attached hydrogens (tertiary/aromatic N) is 2. The molecule has 1 aromatic carbocycles. The second kappa shape index (κ2) is 8.78. The molecule has 0 saturated heterocycles. The van der Waals surface area contributed by atoms with Gasteiger partial charge in [0.25, 0.3) is 5.17 Å². The molecule has 1 aromatic heterocycles. The molecule has 6 nitrogen and oxygen atoms in total. The van der Waals surface area contributed by atoms with Gasteiger partial charge in [-0.25, -0.2) is 9.37 Å². The third-order valence-electron chi connectivity index (χ3n) is 2.78. The molecule has 0 fully saturated rings. The number of anilines is 1. The van der Waals surface area contributed by atoms with Crippen molar-refractivity contribution >= 4 is 23.2 Å². The van der Waals surface area contributed by atoms with E-state index in [2.05, 4.69) is 21.9 Å². The number of aromatic nitrogens is 2. The van der Waals surface area contributed by atoms with Crippen LogP contribution in [0.1, 0.15) is 5.56 Å². The van der Waals surface area contributed by atoms with E-state index in [1.807, 2.05) is 24.3 Å². The molecule has 0 atom stereocenters. The summed E-state index contributed by atoms with van der Waals surface area (Å²) in [7, 11) is 1.58. The highest BCUT2D eigenvalue weighted by molar-refractivity contribution is 7.80. The standard InChI is InChI=1S/C16H16FN3O3S/c1-3-7-22-16(24)20-14-13(17)9-18-15(19-14)23-10-11-5-4-6-12(8-11)21-2/h3-6,8-9H,1,7,10H2,2H3,(H,18,19,20,24). The lowest BCUT2D eigenvalue weighted by Gasteiger charge is -2.10. The predicted octanol–water partition coefficient (Wildman–Crippen LogP) is 3.10. The van der Waals surface area contributed by atoms with Crippen molar-refractivity contribution in [3.63, 3.8) is 0 Å². The van der Waals surface area contributed by atoms with Gasteiger partial charge in [0.1, 0.15) is 19.0 Å². The Hall–Kier alpha value is -2.74. The topological polar surface area (TPSA) is 65.5 Å². The summed E-state index contributed by atoms with van der Waals surface area (Å²) < 4.78 is 29.4. The molecular formula is C16H16FN3O3S. The fraction of sp³-hybridized carbons (Fsp3) is 0.188. The second-order valence-corrected chi connectivity index (χ2v) is 4.87. The highest BCUT2D eigenvalue weighted by Crippen LogP contribution is 2.17. The van der Waals surface area contributed by atoms with Crippen LogP contribution in [0.4, 0.5) is 10.2 Å². The average Bonchev–Trinajstić information content (AvgIpc) is 2.60. The van der Waals surface area contributed by atoms with Crippen molar-refractivity contribution in [1.82, 2.24) is 9.97 Å². The van der Waals surface area contributed by atoms with Gasteiger partial charge in [0, 0.05) is 0 Å². The molecule has 24 heavy (non-hydrogen) atoms. The molecule has 0 spiro atoms. The second-order valence-electron chi connectivity index (χ2n) is 4.50. The van der Waals surface area contributed by atoms with E-state index in [0.717, 1.165) is 11.8 Å². The molecule has 0 aliphatic carbocycles. The summed E-state index contributed by atoms with van der Waals surface area (Å²) in [5.41, 5.74) is 0.863. The molecule has 0 radical (unpaired) electrons. The van der Waals surface area contributed by atoms with E-state index in [1.54, 1.807) is 7.11 Å². The van der Waals surface area contributed by atoms with Gasteiger partial charge in [-0.3, -0.25) is 5.32 Å². The van der Waals surface area contributed by atoms with Crippen molar-refractivity contribution in [1.29, 1.82) is 0 Å². The van der Waals surface area contributed by atoms with Crippen LogP contribution in [0.5, 0.6) is 11.8 Å². The van der Waals surface area contributed by atoms with Gasteiger partial charge < -0.3 is 14.2 Å². The fourth-order valence-electron chi connectivity index (χ4n) is 1.69. The number of ether oxygens (including phenoxy) is 3. The zero-order valence-corrected chi connectivity index (χ0v) is 13.8. The lowest BCUT2D eigenvalue weighted by molar-refractivity contribution is 0.279. The molecule has 0 amide bonds. The smallest absolute Gasteiger partial charge is 0.318 e. The lowest BCUT2D eigenvalue weighted by atomic mass is 10.2. The Kier molecular flexibility index (Phi) is 6.44. The minimum atomic E-state index is -0.673. The van der Waals surface area contributed by atoms with Crippen LogP contribution in [0.15, 0.2) is 43.1 Å². The maximum absolute atomic E-state index is 13.7. The molecule has 2 rings (SSSR count). The Bertz CT molecular complexity index is 727. The molecule has 2 aromatic rings. The van der Waals surface area contributed by atoms with Gasteiger partial charge in [0.2, 0.25) is 0 Å². The zero-order chi connectivity index (χ0) is 17.4. The molecule has 0 bridgehead atoms. The highest BCUT2D eigenvalue weighted by Gasteiger charge is 2.10. The minimum Gasteiger partial charge on any atom is -0.497 e. The average molecular weight is 349 g/mol. The normalized spacial score (nSPS) is 9.92. The Morgan fingerprint density at radius 1 is 1.46 bits per heavy atom. The van der Waals surface area contributed by atoms with Gasteiger partial charge in [0.05, 0.1) is 13.3 Å². The number of benzene rings is 1. The number of methoxy groups -OCH3 is 1. The number of nitrogens with one attached hydrogen (secondary N) is 1. The zero-order valence-electron chi connectivity index (χ0n) is 13.0. The van der Waals surface area contributed by atoms with E-state index in [4.69, 9.17) is 26.4 Å². The maximum atomic E-state index is 13.7. The summed E-state index contributed by atoms with van der Waals surface area (Å²) in [5, 5.41) is 2.52. The molecule has 0 saturated carbocycles. The number of rotatable bonds is 7. The lowest BCUT2D eigenvalue weighted by Crippen LogP contribution is -2.16. The quantitative estimate of drug-likeness (QED) is 0.608. The van der Waals surface area contributed by atoms with E-state index in [9.17, 15) is 4.39 Å². The van der Waals surface area contributed by atoms with Crippen LogP contribution in [0.25, 0.3) is 0 Å². The van der Waals surface area contributed by atoms with Crippen LogP contribution >= 0.6 is 12.2 Å². The Balaban J connectivity index is 2.01. The van der Waals surface area contributed by atoms with Gasteiger partial charge in [-0.05, 0) is 29.9 Å². The van der Waals surface area contributed by atoms with Gasteiger partial charge in [0.15, 0.2) is 11.6 Å². The summed E-state index contributed by atoms with van der Waals surface area (Å²) in [4.78, 5) is 7.72. The van der Waals surface area contributed by atoms with Crippen LogP contribution in [-0.2, 0) is 11.3 Å². The van der Waals surface area contributed by atoms with Crippen molar-refractivity contribution in [3.8, 4) is 11.8 Å². The third-order valence-corrected chi connectivity index (χ3v) is 3.00. The number of halogens is 1.